The van der Waals surface area contributed by atoms with E-state index in [1.165, 1.54) is 36.2 Å². The largest absolute Gasteiger partial charge is 0.330 e. The lowest BCUT2D eigenvalue weighted by Gasteiger charge is -2.20. The molecule has 0 bridgehead atoms. The van der Waals surface area contributed by atoms with Crippen molar-refractivity contribution in [2.24, 2.45) is 0 Å². The van der Waals surface area contributed by atoms with E-state index in [-0.39, 0.29) is 18.4 Å². The summed E-state index contributed by atoms with van der Waals surface area (Å²) in [6.07, 6.45) is 4.62. The first-order chi connectivity index (χ1) is 12.5. The van der Waals surface area contributed by atoms with Crippen LogP contribution < -0.4 is 5.32 Å². The Hall–Kier alpha value is -2.21. The zero-order valence-electron chi connectivity index (χ0n) is 15.7. The standard InChI is InChI=1S/C20H27N3O2S/c1-4-6-7-8-16-9-11-17(12-10-16)19(25)23(5-2)13-18(24)22-20-21-15(3)14-26-20/h9-12,14H,4-8,13H2,1-3H3,(H,21,22,24). The smallest absolute Gasteiger partial charge is 0.254 e. The Balaban J connectivity index is 1.93. The Labute approximate surface area is 159 Å². The van der Waals surface area contributed by atoms with Gasteiger partial charge in [0.2, 0.25) is 5.91 Å². The zero-order chi connectivity index (χ0) is 18.9. The molecule has 0 atom stereocenters. The summed E-state index contributed by atoms with van der Waals surface area (Å²) in [7, 11) is 0. The average Bonchev–Trinajstić information content (AvgIpc) is 3.04. The molecule has 0 saturated heterocycles. The first-order valence-corrected chi connectivity index (χ1v) is 10.0. The number of carbonyl (C=O) groups is 2. The molecule has 2 rings (SSSR count). The van der Waals surface area contributed by atoms with Crippen molar-refractivity contribution in [2.75, 3.05) is 18.4 Å². The Morgan fingerprint density at radius 3 is 2.46 bits per heavy atom. The molecule has 0 aliphatic carbocycles. The van der Waals surface area contributed by atoms with E-state index in [2.05, 4.69) is 17.2 Å². The molecular formula is C20H27N3O2S. The van der Waals surface area contributed by atoms with E-state index in [1.807, 2.05) is 43.5 Å². The highest BCUT2D eigenvalue weighted by molar-refractivity contribution is 7.13. The Kier molecular flexibility index (Phi) is 7.78. The normalized spacial score (nSPS) is 10.6. The molecule has 0 aliphatic heterocycles. The van der Waals surface area contributed by atoms with Crippen LogP contribution in [0.25, 0.3) is 0 Å². The third-order valence-electron chi connectivity index (χ3n) is 4.14. The van der Waals surface area contributed by atoms with Crippen LogP contribution in [0.2, 0.25) is 0 Å². The molecule has 1 N–H and O–H groups in total. The minimum atomic E-state index is -0.231. The Bertz CT molecular complexity index is 725. The lowest BCUT2D eigenvalue weighted by molar-refractivity contribution is -0.116. The van der Waals surface area contributed by atoms with Crippen molar-refractivity contribution in [3.05, 3.63) is 46.5 Å². The number of aryl methyl sites for hydroxylation is 2. The monoisotopic (exact) mass is 373 g/mol. The predicted molar refractivity (Wildman–Crippen MR) is 107 cm³/mol. The van der Waals surface area contributed by atoms with Gasteiger partial charge in [0, 0.05) is 17.5 Å². The number of hydrogen-bond acceptors (Lipinski definition) is 4. The van der Waals surface area contributed by atoms with Crippen molar-refractivity contribution in [1.29, 1.82) is 0 Å². The summed E-state index contributed by atoms with van der Waals surface area (Å²) in [6, 6.07) is 7.73. The van der Waals surface area contributed by atoms with Gasteiger partial charge >= 0.3 is 0 Å². The van der Waals surface area contributed by atoms with Crippen LogP contribution in [0.3, 0.4) is 0 Å². The van der Waals surface area contributed by atoms with Crippen LogP contribution in [0.1, 0.15) is 54.7 Å². The van der Waals surface area contributed by atoms with E-state index in [1.54, 1.807) is 4.90 Å². The molecule has 0 fully saturated rings. The highest BCUT2D eigenvalue weighted by Gasteiger charge is 2.18. The second-order valence-corrected chi connectivity index (χ2v) is 7.17. The van der Waals surface area contributed by atoms with Crippen molar-refractivity contribution in [3.8, 4) is 0 Å². The topological polar surface area (TPSA) is 62.3 Å². The molecule has 5 nitrogen and oxygen atoms in total. The summed E-state index contributed by atoms with van der Waals surface area (Å²) in [5.41, 5.74) is 2.73. The number of thiazole rings is 1. The molecule has 2 aromatic rings. The van der Waals surface area contributed by atoms with E-state index in [4.69, 9.17) is 0 Å². The molecule has 0 radical (unpaired) electrons. The second-order valence-electron chi connectivity index (χ2n) is 6.32. The van der Waals surface area contributed by atoms with Crippen molar-refractivity contribution < 1.29 is 9.59 Å². The highest BCUT2D eigenvalue weighted by Crippen LogP contribution is 2.15. The molecule has 1 heterocycles. The molecular weight excluding hydrogens is 346 g/mol. The third kappa shape index (κ3) is 5.95. The van der Waals surface area contributed by atoms with Gasteiger partial charge in [-0.3, -0.25) is 9.59 Å². The van der Waals surface area contributed by atoms with Gasteiger partial charge in [0.1, 0.15) is 6.54 Å². The lowest BCUT2D eigenvalue weighted by Crippen LogP contribution is -2.37. The molecule has 1 aromatic heterocycles. The maximum absolute atomic E-state index is 12.7. The van der Waals surface area contributed by atoms with Gasteiger partial charge in [-0.2, -0.15) is 0 Å². The molecule has 0 saturated carbocycles. The van der Waals surface area contributed by atoms with Gasteiger partial charge < -0.3 is 10.2 Å². The van der Waals surface area contributed by atoms with Gasteiger partial charge in [-0.25, -0.2) is 4.98 Å². The number of nitrogens with zero attached hydrogens (tertiary/aromatic N) is 2. The molecule has 0 spiro atoms. The zero-order valence-corrected chi connectivity index (χ0v) is 16.6. The van der Waals surface area contributed by atoms with Gasteiger partial charge in [-0.1, -0.05) is 31.9 Å². The number of aromatic nitrogens is 1. The quantitative estimate of drug-likeness (QED) is 0.667. The van der Waals surface area contributed by atoms with E-state index in [0.717, 1.165) is 12.1 Å². The van der Waals surface area contributed by atoms with Crippen LogP contribution in [0.15, 0.2) is 29.6 Å². The van der Waals surface area contributed by atoms with E-state index in [0.29, 0.717) is 17.2 Å². The van der Waals surface area contributed by atoms with Crippen LogP contribution in [0.5, 0.6) is 0 Å². The number of anilines is 1. The van der Waals surface area contributed by atoms with E-state index in [9.17, 15) is 9.59 Å². The first-order valence-electron chi connectivity index (χ1n) is 9.13. The fourth-order valence-electron chi connectivity index (χ4n) is 2.65. The van der Waals surface area contributed by atoms with E-state index < -0.39 is 0 Å². The fourth-order valence-corrected chi connectivity index (χ4v) is 3.35. The third-order valence-corrected chi connectivity index (χ3v) is 5.01. The fraction of sp³-hybridized carbons (Fsp3) is 0.450. The minimum Gasteiger partial charge on any atom is -0.330 e. The maximum Gasteiger partial charge on any atom is 0.254 e. The summed E-state index contributed by atoms with van der Waals surface area (Å²) >= 11 is 1.38. The van der Waals surface area contributed by atoms with Crippen LogP contribution in [-0.2, 0) is 11.2 Å². The summed E-state index contributed by atoms with van der Waals surface area (Å²) in [6.45, 7) is 6.43. The number of amides is 2. The number of carbonyl (C=O) groups excluding carboxylic acids is 2. The van der Waals surface area contributed by atoms with E-state index >= 15 is 0 Å². The second kappa shape index (κ2) is 10.1. The van der Waals surface area contributed by atoms with Crippen molar-refractivity contribution in [2.45, 2.75) is 46.5 Å². The number of likely N-dealkylation sites (N-methyl/N-ethyl adjacent to an activating group) is 1. The number of unbranched alkanes of at least 4 members (excludes halogenated alkanes) is 2. The van der Waals surface area contributed by atoms with Gasteiger partial charge in [-0.05, 0) is 44.4 Å². The number of nitrogens with one attached hydrogen (secondary N) is 1. The minimum absolute atomic E-state index is 0.0201. The van der Waals surface area contributed by atoms with Crippen molar-refractivity contribution >= 4 is 28.3 Å². The van der Waals surface area contributed by atoms with Crippen molar-refractivity contribution in [1.82, 2.24) is 9.88 Å². The average molecular weight is 374 g/mol. The molecule has 0 aliphatic rings. The van der Waals surface area contributed by atoms with Crippen LogP contribution >= 0.6 is 11.3 Å². The first kappa shape index (κ1) is 20.1. The molecule has 6 heteroatoms. The lowest BCUT2D eigenvalue weighted by atomic mass is 10.0. The Morgan fingerprint density at radius 2 is 1.88 bits per heavy atom. The number of hydrogen-bond donors (Lipinski definition) is 1. The highest BCUT2D eigenvalue weighted by atomic mass is 32.1. The molecule has 0 unspecified atom stereocenters. The maximum atomic E-state index is 12.7. The summed E-state index contributed by atoms with van der Waals surface area (Å²) < 4.78 is 0. The molecule has 26 heavy (non-hydrogen) atoms. The summed E-state index contributed by atoms with van der Waals surface area (Å²) in [4.78, 5) is 30.6. The van der Waals surface area contributed by atoms with Gasteiger partial charge in [0.15, 0.2) is 5.13 Å². The summed E-state index contributed by atoms with van der Waals surface area (Å²) in [5.74, 6) is -0.358. The summed E-state index contributed by atoms with van der Waals surface area (Å²) in [5, 5.41) is 5.18. The van der Waals surface area contributed by atoms with Gasteiger partial charge in [0.25, 0.3) is 5.91 Å². The number of benzene rings is 1. The van der Waals surface area contributed by atoms with Crippen LogP contribution in [-0.4, -0.2) is 34.8 Å². The predicted octanol–water partition coefficient (Wildman–Crippen LogP) is 4.29. The van der Waals surface area contributed by atoms with Gasteiger partial charge in [-0.15, -0.1) is 11.3 Å². The SMILES string of the molecule is CCCCCc1ccc(C(=O)N(CC)CC(=O)Nc2nc(C)cs2)cc1. The molecule has 140 valence electrons. The van der Waals surface area contributed by atoms with Crippen molar-refractivity contribution in [3.63, 3.8) is 0 Å². The molecule has 2 amide bonds. The molecule has 1 aromatic carbocycles. The Morgan fingerprint density at radius 1 is 1.15 bits per heavy atom. The van der Waals surface area contributed by atoms with Gasteiger partial charge in [0.05, 0.1) is 5.69 Å². The van der Waals surface area contributed by atoms with Crippen LogP contribution in [0, 0.1) is 6.92 Å². The number of rotatable bonds is 9. The van der Waals surface area contributed by atoms with Crippen LogP contribution in [0.4, 0.5) is 5.13 Å².